The number of rotatable bonds is 11. The number of alkyl halides is 1. The van der Waals surface area contributed by atoms with E-state index in [1.54, 1.807) is 13.2 Å². The number of aromatic nitrogens is 4. The largest absolute Gasteiger partial charge is 1.00 e. The fourth-order valence-corrected chi connectivity index (χ4v) is 2.66. The molecule has 0 aromatic carbocycles. The smallest absolute Gasteiger partial charge is 0.870 e. The molecule has 0 atom stereocenters. The monoisotopic (exact) mass is 942 g/mol. The van der Waals surface area contributed by atoms with E-state index in [-0.39, 0.29) is 94.5 Å². The summed E-state index contributed by atoms with van der Waals surface area (Å²) in [7, 11) is 14.5. The summed E-state index contributed by atoms with van der Waals surface area (Å²) in [6, 6.07) is 11.6. The van der Waals surface area contributed by atoms with Crippen LogP contribution in [0.4, 0.5) is 0 Å². The molecule has 0 amide bonds. The van der Waals surface area contributed by atoms with Crippen LogP contribution in [0.25, 0.3) is 0 Å². The van der Waals surface area contributed by atoms with Crippen molar-refractivity contribution in [2.45, 2.75) is 22.3 Å². The maximum absolute atomic E-state index is 11.0. The van der Waals surface area contributed by atoms with Gasteiger partial charge in [0.2, 0.25) is 9.23 Å². The zero-order valence-electron chi connectivity index (χ0n) is 31.5. The van der Waals surface area contributed by atoms with Crippen molar-refractivity contribution in [2.24, 2.45) is 0 Å². The maximum Gasteiger partial charge on any atom is 1.00 e. The Balaban J connectivity index is -0.000000118. The van der Waals surface area contributed by atoms with Crippen LogP contribution in [0.5, 0.6) is 23.0 Å². The third-order valence-corrected chi connectivity index (χ3v) is 5.21. The Kier molecular flexibility index (Phi) is 51.8. The molecule has 0 aliphatic rings. The number of pyridine rings is 4. The van der Waals surface area contributed by atoms with Gasteiger partial charge in [-0.05, 0) is 48.5 Å². The Morgan fingerprint density at radius 2 is 0.852 bits per heavy atom. The van der Waals surface area contributed by atoms with E-state index in [0.717, 1.165) is 6.20 Å². The summed E-state index contributed by atoms with van der Waals surface area (Å²) in [6.45, 7) is 0.271. The van der Waals surface area contributed by atoms with E-state index in [4.69, 9.17) is 50.4 Å². The van der Waals surface area contributed by atoms with Crippen LogP contribution in [0, 0.1) is 0 Å². The Labute approximate surface area is 382 Å². The molecule has 340 valence electrons. The van der Waals surface area contributed by atoms with E-state index >= 15 is 0 Å². The van der Waals surface area contributed by atoms with Gasteiger partial charge in [-0.25, -0.2) is 43.3 Å². The van der Waals surface area contributed by atoms with Crippen LogP contribution in [-0.2, 0) is 32.9 Å². The molecule has 0 bridgehead atoms. The summed E-state index contributed by atoms with van der Waals surface area (Å²) >= 11 is 4.96. The van der Waals surface area contributed by atoms with Gasteiger partial charge >= 0.3 is 42.7 Å². The topological polar surface area (TPSA) is 312 Å². The Hall–Kier alpha value is -4.86. The van der Waals surface area contributed by atoms with Gasteiger partial charge in [0.15, 0.2) is 13.6 Å². The standard InChI is InChI=1S/C9H11NO4.C8H9NO4.C7H7NO3.C6H5NO3.C2H5ClO.3CH4.Cl2OS.Li.H2O/c1-12-6-14-7-3-4-8(10-5-7)9(11)13-2;1-12-5-13-6-2-3-7(8(10)11)9-4-6;1-11-7(10)6-3-2-5(9)4-8-6;8-4-1-2-5(6(9)10)7-3-4;1-4-2-3;;;;1-4(2)3;;/h3-5H,6H2,1-2H3;2-4H,5H2,1H3,(H,10,11);2-4,9H,1H3;1-3,8H,(H,9,10);2H2,1H3;3*1H4;;;1H2/q;;;;;;;;;+1;/p-1. The number of esters is 2. The van der Waals surface area contributed by atoms with Gasteiger partial charge in [-0.2, -0.15) is 0 Å². The minimum atomic E-state index is -1.67. The molecule has 26 heteroatoms. The number of hydrogen-bond donors (Lipinski definition) is 4. The molecule has 0 fully saturated rings. The summed E-state index contributed by atoms with van der Waals surface area (Å²) in [6.07, 6.45) is 5.05. The predicted molar refractivity (Wildman–Crippen MR) is 222 cm³/mol. The van der Waals surface area contributed by atoms with E-state index in [0.29, 0.717) is 17.6 Å². The van der Waals surface area contributed by atoms with Gasteiger partial charge in [0.05, 0.1) is 39.0 Å². The van der Waals surface area contributed by atoms with Crippen LogP contribution in [0.15, 0.2) is 73.3 Å². The number of hydrogen-bond acceptors (Lipinski definition) is 19. The fourth-order valence-electron chi connectivity index (χ4n) is 2.66. The molecule has 0 aliphatic heterocycles. The summed E-state index contributed by atoms with van der Waals surface area (Å²) < 4.78 is 41.7. The minimum absolute atomic E-state index is 0. The zero-order valence-corrected chi connectivity index (χ0v) is 34.6. The van der Waals surface area contributed by atoms with Crippen LogP contribution in [0.2, 0.25) is 0 Å². The molecule has 4 rings (SSSR count). The molecule has 21 nitrogen and oxygen atoms in total. The van der Waals surface area contributed by atoms with Gasteiger partial charge in [0.25, 0.3) is 0 Å². The number of carboxylic acids is 2. The molecular formula is C35H50Cl3LiN4O17S. The number of methoxy groups -OCH3 is 5. The first-order chi connectivity index (χ1) is 26.6. The average Bonchev–Trinajstić information content (AvgIpc) is 3.20. The summed E-state index contributed by atoms with van der Waals surface area (Å²) in [5.74, 6) is -2.12. The fraction of sp³-hybridized carbons (Fsp3) is 0.314. The normalized spacial score (nSPS) is 8.48. The third kappa shape index (κ3) is 37.8. The Morgan fingerprint density at radius 3 is 1.07 bits per heavy atom. The molecule has 0 unspecified atom stereocenters. The number of carboxylic acid groups (broad SMARTS) is 2. The zero-order chi connectivity index (χ0) is 42.9. The molecule has 4 heterocycles. The van der Waals surface area contributed by atoms with E-state index in [2.05, 4.69) is 60.2 Å². The van der Waals surface area contributed by atoms with Crippen LogP contribution >= 0.6 is 33.0 Å². The second-order valence-corrected chi connectivity index (χ2v) is 11.6. The maximum atomic E-state index is 11.0. The average molecular weight is 944 g/mol. The van der Waals surface area contributed by atoms with Crippen molar-refractivity contribution in [1.82, 2.24) is 19.9 Å². The van der Waals surface area contributed by atoms with Crippen molar-refractivity contribution in [3.63, 3.8) is 0 Å². The van der Waals surface area contributed by atoms with Crippen molar-refractivity contribution in [2.75, 3.05) is 55.2 Å². The van der Waals surface area contributed by atoms with Crippen molar-refractivity contribution in [3.05, 3.63) is 96.1 Å². The Morgan fingerprint density at radius 1 is 0.574 bits per heavy atom. The molecule has 61 heavy (non-hydrogen) atoms. The number of nitrogens with zero attached hydrogens (tertiary/aromatic N) is 4. The first kappa shape index (κ1) is 70.7. The molecule has 0 radical (unpaired) electrons. The van der Waals surface area contributed by atoms with Crippen molar-refractivity contribution in [3.8, 4) is 23.0 Å². The summed E-state index contributed by atoms with van der Waals surface area (Å²) in [5.41, 5.74) is 0.352. The quantitative estimate of drug-likeness (QED) is 0.0551. The second-order valence-electron chi connectivity index (χ2n) is 8.84. The van der Waals surface area contributed by atoms with E-state index in [1.807, 2.05) is 0 Å². The van der Waals surface area contributed by atoms with E-state index in [1.165, 1.54) is 89.5 Å². The number of aromatic carboxylic acids is 2. The first-order valence-corrected chi connectivity index (χ1v) is 17.8. The van der Waals surface area contributed by atoms with Gasteiger partial charge in [-0.3, -0.25) is 0 Å². The van der Waals surface area contributed by atoms with Gasteiger partial charge in [-0.1, -0.05) is 33.9 Å². The van der Waals surface area contributed by atoms with E-state index in [9.17, 15) is 19.2 Å². The molecular weight excluding hydrogens is 894 g/mol. The molecule has 0 spiro atoms. The summed E-state index contributed by atoms with van der Waals surface area (Å²) in [5, 5.41) is 34.3. The van der Waals surface area contributed by atoms with Crippen LogP contribution < -0.4 is 28.3 Å². The van der Waals surface area contributed by atoms with Crippen LogP contribution in [0.1, 0.15) is 64.2 Å². The number of carbonyl (C=O) groups is 4. The Bertz CT molecular complexity index is 1720. The molecule has 0 aliphatic carbocycles. The van der Waals surface area contributed by atoms with Gasteiger partial charge in [0.1, 0.15) is 51.8 Å². The van der Waals surface area contributed by atoms with Crippen LogP contribution in [-0.4, -0.2) is 129 Å². The van der Waals surface area contributed by atoms with E-state index < -0.39 is 33.1 Å². The molecule has 4 aromatic heterocycles. The molecule has 5 N–H and O–H groups in total. The summed E-state index contributed by atoms with van der Waals surface area (Å²) in [4.78, 5) is 56.9. The molecule has 0 saturated heterocycles. The van der Waals surface area contributed by atoms with Crippen molar-refractivity contribution >= 4 is 66.1 Å². The van der Waals surface area contributed by atoms with Gasteiger partial charge in [0, 0.05) is 42.7 Å². The second kappa shape index (κ2) is 44.7. The number of halogens is 3. The third-order valence-electron chi connectivity index (χ3n) is 4.99. The van der Waals surface area contributed by atoms with Crippen LogP contribution in [0.3, 0.4) is 0 Å². The predicted octanol–water partition coefficient (Wildman–Crippen LogP) is 3.28. The molecule has 0 saturated carbocycles. The van der Waals surface area contributed by atoms with Gasteiger partial charge < -0.3 is 59.1 Å². The SMILES string of the molecule is C.C.C.COC(=O)c1ccc(O)cn1.COCCl.COCOc1ccc(C(=O)O)nc1.COCOc1ccc(C(=O)OC)nc1.O=C(O)c1ccc(O)cn1.O=S(Cl)Cl.[Li+].[OH-]. The molecule has 4 aromatic rings. The first-order valence-electron chi connectivity index (χ1n) is 14.5. The van der Waals surface area contributed by atoms with Gasteiger partial charge in [-0.15, -0.1) is 0 Å². The van der Waals surface area contributed by atoms with Crippen molar-refractivity contribution in [1.29, 1.82) is 0 Å². The van der Waals surface area contributed by atoms with Crippen molar-refractivity contribution < 1.29 is 101 Å². The number of aromatic hydroxyl groups is 2. The minimum Gasteiger partial charge on any atom is -0.870 e. The number of carbonyl (C=O) groups excluding carboxylic acids is 2. The number of ether oxygens (including phenoxy) is 7.